The first kappa shape index (κ1) is 12.8. The zero-order chi connectivity index (χ0) is 12.4. The van der Waals surface area contributed by atoms with Crippen LogP contribution in [-0.4, -0.2) is 34.0 Å². The lowest BCUT2D eigenvalue weighted by molar-refractivity contribution is 0.170. The Bertz CT molecular complexity index is 364. The van der Waals surface area contributed by atoms with Crippen molar-refractivity contribution in [3.05, 3.63) is 22.7 Å². The Morgan fingerprint density at radius 2 is 1.94 bits per heavy atom. The van der Waals surface area contributed by atoms with Crippen LogP contribution in [0.4, 0.5) is 0 Å². The first-order chi connectivity index (χ1) is 8.06. The fourth-order valence-corrected chi connectivity index (χ4v) is 2.71. The fourth-order valence-electron chi connectivity index (χ4n) is 2.47. The van der Waals surface area contributed by atoms with Crippen molar-refractivity contribution in [1.82, 2.24) is 14.9 Å². The smallest absolute Gasteiger partial charge is 0.133 e. The zero-order valence-corrected chi connectivity index (χ0v) is 11.5. The van der Waals surface area contributed by atoms with Crippen molar-refractivity contribution in [1.29, 1.82) is 0 Å². The second-order valence-electron chi connectivity index (χ2n) is 5.07. The van der Waals surface area contributed by atoms with Crippen molar-refractivity contribution in [2.75, 3.05) is 13.1 Å². The molecule has 3 nitrogen and oxygen atoms in total. The first-order valence-electron chi connectivity index (χ1n) is 6.31. The molecule has 17 heavy (non-hydrogen) atoms. The lowest BCUT2D eigenvalue weighted by Crippen LogP contribution is -2.38. The van der Waals surface area contributed by atoms with Gasteiger partial charge in [0.05, 0.1) is 0 Å². The van der Waals surface area contributed by atoms with Crippen LogP contribution in [0.2, 0.25) is 5.15 Å². The minimum absolute atomic E-state index is 0.546. The van der Waals surface area contributed by atoms with E-state index < -0.39 is 0 Å². The minimum Gasteiger partial charge on any atom is -0.301 e. The number of aryl methyl sites for hydroxylation is 1. The molecule has 0 atom stereocenters. The molecule has 1 saturated heterocycles. The largest absolute Gasteiger partial charge is 0.301 e. The van der Waals surface area contributed by atoms with Gasteiger partial charge in [-0.2, -0.15) is 0 Å². The predicted octanol–water partition coefficient (Wildman–Crippen LogP) is 3.03. The summed E-state index contributed by atoms with van der Waals surface area (Å²) in [4.78, 5) is 11.1. The van der Waals surface area contributed by atoms with Crippen molar-refractivity contribution in [3.63, 3.8) is 0 Å². The molecule has 94 valence electrons. The lowest BCUT2D eigenvalue weighted by atomic mass is 9.92. The van der Waals surface area contributed by atoms with E-state index in [1.54, 1.807) is 0 Å². The molecule has 0 aliphatic carbocycles. The Kier molecular flexibility index (Phi) is 4.00. The second kappa shape index (κ2) is 5.32. The fraction of sp³-hybridized carbons (Fsp3) is 0.692. The Balaban J connectivity index is 2.05. The van der Waals surface area contributed by atoms with Crippen molar-refractivity contribution in [2.45, 2.75) is 45.6 Å². The topological polar surface area (TPSA) is 29.0 Å². The molecular weight excluding hydrogens is 234 g/mol. The first-order valence-corrected chi connectivity index (χ1v) is 6.69. The molecule has 4 heteroatoms. The predicted molar refractivity (Wildman–Crippen MR) is 70.5 cm³/mol. The molecule has 1 fully saturated rings. The molecule has 0 spiro atoms. The van der Waals surface area contributed by atoms with Gasteiger partial charge < -0.3 is 4.90 Å². The van der Waals surface area contributed by atoms with Gasteiger partial charge in [-0.3, -0.25) is 0 Å². The van der Waals surface area contributed by atoms with Crippen LogP contribution in [0.3, 0.4) is 0 Å². The average molecular weight is 254 g/mol. The van der Waals surface area contributed by atoms with Gasteiger partial charge in [-0.25, -0.2) is 9.97 Å². The Hall–Kier alpha value is -0.670. The van der Waals surface area contributed by atoms with Crippen LogP contribution < -0.4 is 0 Å². The summed E-state index contributed by atoms with van der Waals surface area (Å²) in [6.07, 6.45) is 2.34. The molecule has 0 saturated carbocycles. The maximum absolute atomic E-state index is 5.99. The van der Waals surface area contributed by atoms with Gasteiger partial charge >= 0.3 is 0 Å². The summed E-state index contributed by atoms with van der Waals surface area (Å²) in [6.45, 7) is 8.72. The molecule has 0 unspecified atom stereocenters. The SMILES string of the molecule is Cc1nc(Cl)cc(C2CCN(C(C)C)CC2)n1. The molecule has 0 N–H and O–H groups in total. The van der Waals surface area contributed by atoms with Crippen LogP contribution in [0.5, 0.6) is 0 Å². The highest BCUT2D eigenvalue weighted by atomic mass is 35.5. The van der Waals surface area contributed by atoms with Gasteiger partial charge in [-0.1, -0.05) is 11.6 Å². The lowest BCUT2D eigenvalue weighted by Gasteiger charge is -2.34. The van der Waals surface area contributed by atoms with E-state index in [4.69, 9.17) is 11.6 Å². The van der Waals surface area contributed by atoms with Crippen LogP contribution in [0.25, 0.3) is 0 Å². The normalized spacial score (nSPS) is 18.9. The van der Waals surface area contributed by atoms with E-state index in [-0.39, 0.29) is 0 Å². The maximum atomic E-state index is 5.99. The number of piperidine rings is 1. The van der Waals surface area contributed by atoms with Crippen molar-refractivity contribution < 1.29 is 0 Å². The molecule has 1 aliphatic heterocycles. The standard InChI is InChI=1S/C13H20ClN3/c1-9(2)17-6-4-11(5-7-17)12-8-13(14)16-10(3)15-12/h8-9,11H,4-7H2,1-3H3. The Labute approximate surface area is 108 Å². The van der Waals surface area contributed by atoms with E-state index in [0.717, 1.165) is 24.6 Å². The van der Waals surface area contributed by atoms with Crippen LogP contribution >= 0.6 is 11.6 Å². The highest BCUT2D eigenvalue weighted by Crippen LogP contribution is 2.28. The van der Waals surface area contributed by atoms with Crippen molar-refractivity contribution >= 4 is 11.6 Å². The Morgan fingerprint density at radius 3 is 2.47 bits per heavy atom. The van der Waals surface area contributed by atoms with E-state index >= 15 is 0 Å². The number of rotatable bonds is 2. The molecular formula is C13H20ClN3. The number of hydrogen-bond donors (Lipinski definition) is 0. The zero-order valence-electron chi connectivity index (χ0n) is 10.8. The third-order valence-corrected chi connectivity index (χ3v) is 3.70. The van der Waals surface area contributed by atoms with Gasteiger partial charge in [0.25, 0.3) is 0 Å². The van der Waals surface area contributed by atoms with E-state index in [0.29, 0.717) is 17.1 Å². The molecule has 0 radical (unpaired) electrons. The van der Waals surface area contributed by atoms with Gasteiger partial charge in [-0.15, -0.1) is 0 Å². The summed E-state index contributed by atoms with van der Waals surface area (Å²) in [7, 11) is 0. The van der Waals surface area contributed by atoms with Gasteiger partial charge in [0.2, 0.25) is 0 Å². The molecule has 2 rings (SSSR count). The van der Waals surface area contributed by atoms with E-state index in [9.17, 15) is 0 Å². The summed E-state index contributed by atoms with van der Waals surface area (Å²) >= 11 is 5.99. The Morgan fingerprint density at radius 1 is 1.29 bits per heavy atom. The maximum Gasteiger partial charge on any atom is 0.133 e. The summed E-state index contributed by atoms with van der Waals surface area (Å²) in [5.41, 5.74) is 1.12. The second-order valence-corrected chi connectivity index (χ2v) is 5.45. The number of nitrogens with zero attached hydrogens (tertiary/aromatic N) is 3. The van der Waals surface area contributed by atoms with E-state index in [1.165, 1.54) is 12.8 Å². The highest BCUT2D eigenvalue weighted by molar-refractivity contribution is 6.29. The molecule has 0 aromatic carbocycles. The van der Waals surface area contributed by atoms with E-state index in [1.807, 2.05) is 13.0 Å². The summed E-state index contributed by atoms with van der Waals surface area (Å²) in [5.74, 6) is 1.32. The minimum atomic E-state index is 0.546. The van der Waals surface area contributed by atoms with Gasteiger partial charge in [0.15, 0.2) is 0 Å². The van der Waals surface area contributed by atoms with Crippen LogP contribution in [0.15, 0.2) is 6.07 Å². The van der Waals surface area contributed by atoms with Gasteiger partial charge in [-0.05, 0) is 52.8 Å². The summed E-state index contributed by atoms with van der Waals surface area (Å²) in [6, 6.07) is 2.57. The quantitative estimate of drug-likeness (QED) is 0.759. The van der Waals surface area contributed by atoms with Crippen LogP contribution in [0, 0.1) is 6.92 Å². The van der Waals surface area contributed by atoms with Crippen LogP contribution in [-0.2, 0) is 0 Å². The van der Waals surface area contributed by atoms with E-state index in [2.05, 4.69) is 28.7 Å². The third kappa shape index (κ3) is 3.17. The third-order valence-electron chi connectivity index (χ3n) is 3.50. The molecule has 1 aromatic rings. The van der Waals surface area contributed by atoms with Crippen molar-refractivity contribution in [2.24, 2.45) is 0 Å². The highest BCUT2D eigenvalue weighted by Gasteiger charge is 2.23. The number of halogens is 1. The molecule has 1 aromatic heterocycles. The molecule has 2 heterocycles. The average Bonchev–Trinajstić information content (AvgIpc) is 2.28. The number of hydrogen-bond acceptors (Lipinski definition) is 3. The van der Waals surface area contributed by atoms with Crippen LogP contribution in [0.1, 0.15) is 44.1 Å². The molecule has 1 aliphatic rings. The van der Waals surface area contributed by atoms with Gasteiger partial charge in [0, 0.05) is 17.7 Å². The summed E-state index contributed by atoms with van der Waals surface area (Å²) < 4.78 is 0. The number of likely N-dealkylation sites (tertiary alicyclic amines) is 1. The summed E-state index contributed by atoms with van der Waals surface area (Å²) in [5, 5.41) is 0.568. The molecule has 0 bridgehead atoms. The van der Waals surface area contributed by atoms with Gasteiger partial charge in [0.1, 0.15) is 11.0 Å². The van der Waals surface area contributed by atoms with Crippen molar-refractivity contribution in [3.8, 4) is 0 Å². The molecule has 0 amide bonds. The monoisotopic (exact) mass is 253 g/mol. The number of aromatic nitrogens is 2.